The summed E-state index contributed by atoms with van der Waals surface area (Å²) in [5, 5.41) is 6.71. The summed E-state index contributed by atoms with van der Waals surface area (Å²) in [4.78, 5) is 18.7. The molecule has 1 saturated heterocycles. The molecule has 28 heavy (non-hydrogen) atoms. The van der Waals surface area contributed by atoms with E-state index in [1.807, 2.05) is 4.90 Å². The fraction of sp³-hybridized carbons (Fsp3) is 0.636. The third kappa shape index (κ3) is 6.43. The molecular formula is C22H36N4O2. The van der Waals surface area contributed by atoms with Gasteiger partial charge in [0.2, 0.25) is 5.91 Å². The molecule has 1 aliphatic heterocycles. The smallest absolute Gasteiger partial charge is 0.222 e. The lowest BCUT2D eigenvalue weighted by Gasteiger charge is -2.26. The van der Waals surface area contributed by atoms with Crippen LogP contribution in [0.2, 0.25) is 0 Å². The van der Waals surface area contributed by atoms with Gasteiger partial charge in [-0.15, -0.1) is 0 Å². The molecule has 156 valence electrons. The summed E-state index contributed by atoms with van der Waals surface area (Å²) < 4.78 is 5.40. The van der Waals surface area contributed by atoms with E-state index in [1.54, 1.807) is 7.11 Å². The Morgan fingerprint density at radius 2 is 2.14 bits per heavy atom. The summed E-state index contributed by atoms with van der Waals surface area (Å²) in [6.45, 7) is 9.52. The molecule has 0 bridgehead atoms. The van der Waals surface area contributed by atoms with Crippen LogP contribution < -0.4 is 15.4 Å². The van der Waals surface area contributed by atoms with Gasteiger partial charge in [0.1, 0.15) is 5.75 Å². The van der Waals surface area contributed by atoms with Crippen LogP contribution in [-0.2, 0) is 11.2 Å². The molecule has 2 rings (SSSR count). The second-order valence-electron chi connectivity index (χ2n) is 7.28. The maximum atomic E-state index is 12.0. The van der Waals surface area contributed by atoms with Gasteiger partial charge in [0.05, 0.1) is 7.11 Å². The number of rotatable bonds is 10. The molecule has 1 aromatic carbocycles. The Morgan fingerprint density at radius 3 is 2.79 bits per heavy atom. The van der Waals surface area contributed by atoms with Crippen molar-refractivity contribution >= 4 is 11.9 Å². The molecule has 1 atom stereocenters. The van der Waals surface area contributed by atoms with Gasteiger partial charge in [-0.2, -0.15) is 0 Å². The predicted molar refractivity (Wildman–Crippen MR) is 115 cm³/mol. The lowest BCUT2D eigenvalue weighted by molar-refractivity contribution is -0.129. The molecular weight excluding hydrogens is 352 g/mol. The predicted octanol–water partition coefficient (Wildman–Crippen LogP) is 2.89. The number of aliphatic imine (C=N–C) groups is 1. The number of benzene rings is 1. The van der Waals surface area contributed by atoms with Crippen LogP contribution in [0, 0.1) is 6.92 Å². The van der Waals surface area contributed by atoms with E-state index in [2.05, 4.69) is 49.6 Å². The highest BCUT2D eigenvalue weighted by Crippen LogP contribution is 2.19. The van der Waals surface area contributed by atoms with Crippen molar-refractivity contribution in [3.63, 3.8) is 0 Å². The molecule has 0 radical (unpaired) electrons. The van der Waals surface area contributed by atoms with Crippen molar-refractivity contribution in [1.82, 2.24) is 15.5 Å². The molecule has 0 aliphatic carbocycles. The van der Waals surface area contributed by atoms with Gasteiger partial charge in [0, 0.05) is 38.6 Å². The number of carbonyl (C=O) groups is 1. The van der Waals surface area contributed by atoms with Crippen LogP contribution in [-0.4, -0.2) is 56.1 Å². The SMILES string of the molecule is CCNC(=NCCC(CC)N1CCCC1=O)NCCc1ccc(C)c(OC)c1. The standard InChI is InChI=1S/C22H36N4O2/c1-5-19(26-15-7-8-21(26)27)12-14-25-22(23-6-2)24-13-11-18-10-9-17(3)20(16-18)28-4/h9-10,16,19H,5-8,11-15H2,1-4H3,(H2,23,24,25). The number of hydrogen-bond donors (Lipinski definition) is 2. The number of amides is 1. The number of methoxy groups -OCH3 is 1. The van der Waals surface area contributed by atoms with Gasteiger partial charge in [-0.3, -0.25) is 9.79 Å². The lowest BCUT2D eigenvalue weighted by Crippen LogP contribution is -2.39. The van der Waals surface area contributed by atoms with Gasteiger partial charge in [0.15, 0.2) is 5.96 Å². The summed E-state index contributed by atoms with van der Waals surface area (Å²) in [7, 11) is 1.71. The summed E-state index contributed by atoms with van der Waals surface area (Å²) in [6.07, 6.45) is 4.50. The fourth-order valence-corrected chi connectivity index (χ4v) is 3.65. The van der Waals surface area contributed by atoms with Gasteiger partial charge in [0.25, 0.3) is 0 Å². The Labute approximate surface area is 169 Å². The normalized spacial score (nSPS) is 15.6. The van der Waals surface area contributed by atoms with Gasteiger partial charge in [-0.1, -0.05) is 19.1 Å². The second kappa shape index (κ2) is 11.6. The van der Waals surface area contributed by atoms with Crippen LogP contribution in [0.15, 0.2) is 23.2 Å². The Bertz CT molecular complexity index is 660. The van der Waals surface area contributed by atoms with Crippen molar-refractivity contribution in [2.24, 2.45) is 4.99 Å². The molecule has 6 nitrogen and oxygen atoms in total. The first-order valence-electron chi connectivity index (χ1n) is 10.5. The Kier molecular flexibility index (Phi) is 9.11. The number of carbonyl (C=O) groups excluding carboxylic acids is 1. The number of ether oxygens (including phenoxy) is 1. The van der Waals surface area contributed by atoms with Crippen molar-refractivity contribution in [1.29, 1.82) is 0 Å². The number of nitrogens with zero attached hydrogens (tertiary/aromatic N) is 2. The van der Waals surface area contributed by atoms with Gasteiger partial charge >= 0.3 is 0 Å². The Morgan fingerprint density at radius 1 is 1.32 bits per heavy atom. The van der Waals surface area contributed by atoms with Crippen molar-refractivity contribution in [3.8, 4) is 5.75 Å². The van der Waals surface area contributed by atoms with Crippen molar-refractivity contribution in [2.45, 2.75) is 58.9 Å². The van der Waals surface area contributed by atoms with Crippen LogP contribution in [0.5, 0.6) is 5.75 Å². The van der Waals surface area contributed by atoms with E-state index in [4.69, 9.17) is 9.73 Å². The Hall–Kier alpha value is -2.24. The summed E-state index contributed by atoms with van der Waals surface area (Å²) in [5.74, 6) is 2.07. The Balaban J connectivity index is 1.83. The zero-order valence-corrected chi connectivity index (χ0v) is 17.9. The molecule has 0 aromatic heterocycles. The van der Waals surface area contributed by atoms with Crippen LogP contribution >= 0.6 is 0 Å². The van der Waals surface area contributed by atoms with Gasteiger partial charge in [-0.05, 0) is 56.7 Å². The first-order chi connectivity index (χ1) is 13.6. The molecule has 6 heteroatoms. The average Bonchev–Trinajstić information content (AvgIpc) is 3.12. The number of aryl methyl sites for hydroxylation is 1. The first kappa shape index (κ1) is 22.1. The third-order valence-electron chi connectivity index (χ3n) is 5.28. The number of hydrogen-bond acceptors (Lipinski definition) is 3. The van der Waals surface area contributed by atoms with Crippen LogP contribution in [0.3, 0.4) is 0 Å². The average molecular weight is 389 g/mol. The van der Waals surface area contributed by atoms with Crippen molar-refractivity contribution in [3.05, 3.63) is 29.3 Å². The molecule has 1 heterocycles. The topological polar surface area (TPSA) is 66.0 Å². The van der Waals surface area contributed by atoms with Gasteiger partial charge < -0.3 is 20.3 Å². The minimum atomic E-state index is 0.300. The van der Waals surface area contributed by atoms with Crippen LogP contribution in [0.1, 0.15) is 50.7 Å². The number of nitrogens with one attached hydrogen (secondary N) is 2. The van der Waals surface area contributed by atoms with Crippen molar-refractivity contribution in [2.75, 3.05) is 33.3 Å². The summed E-state index contributed by atoms with van der Waals surface area (Å²) >= 11 is 0. The first-order valence-corrected chi connectivity index (χ1v) is 10.5. The maximum absolute atomic E-state index is 12.0. The monoisotopic (exact) mass is 388 g/mol. The minimum Gasteiger partial charge on any atom is -0.496 e. The molecule has 1 aliphatic rings. The largest absolute Gasteiger partial charge is 0.496 e. The quantitative estimate of drug-likeness (QED) is 0.478. The lowest BCUT2D eigenvalue weighted by atomic mass is 10.1. The van der Waals surface area contributed by atoms with E-state index in [0.29, 0.717) is 18.4 Å². The number of guanidine groups is 1. The summed E-state index contributed by atoms with van der Waals surface area (Å²) in [6, 6.07) is 6.64. The fourth-order valence-electron chi connectivity index (χ4n) is 3.65. The van der Waals surface area contributed by atoms with E-state index >= 15 is 0 Å². The molecule has 1 fully saturated rings. The van der Waals surface area contributed by atoms with E-state index < -0.39 is 0 Å². The molecule has 1 unspecified atom stereocenters. The zero-order valence-electron chi connectivity index (χ0n) is 17.9. The van der Waals surface area contributed by atoms with E-state index in [0.717, 1.165) is 69.1 Å². The maximum Gasteiger partial charge on any atom is 0.222 e. The number of likely N-dealkylation sites (tertiary alicyclic amines) is 1. The highest BCUT2D eigenvalue weighted by atomic mass is 16.5. The molecule has 0 spiro atoms. The van der Waals surface area contributed by atoms with E-state index in [1.165, 1.54) is 5.56 Å². The van der Waals surface area contributed by atoms with Gasteiger partial charge in [-0.25, -0.2) is 0 Å². The van der Waals surface area contributed by atoms with Crippen LogP contribution in [0.4, 0.5) is 0 Å². The molecule has 1 amide bonds. The summed E-state index contributed by atoms with van der Waals surface area (Å²) in [5.41, 5.74) is 2.39. The third-order valence-corrected chi connectivity index (χ3v) is 5.28. The molecule has 2 N–H and O–H groups in total. The minimum absolute atomic E-state index is 0.300. The molecule has 1 aromatic rings. The highest BCUT2D eigenvalue weighted by Gasteiger charge is 2.26. The molecule has 0 saturated carbocycles. The zero-order chi connectivity index (χ0) is 20.4. The van der Waals surface area contributed by atoms with Crippen LogP contribution in [0.25, 0.3) is 0 Å². The van der Waals surface area contributed by atoms with Crippen molar-refractivity contribution < 1.29 is 9.53 Å². The second-order valence-corrected chi connectivity index (χ2v) is 7.28. The van der Waals surface area contributed by atoms with E-state index in [-0.39, 0.29) is 0 Å². The van der Waals surface area contributed by atoms with E-state index in [9.17, 15) is 4.79 Å². The highest BCUT2D eigenvalue weighted by molar-refractivity contribution is 5.80.